The molecule has 0 aliphatic rings. The zero-order valence-corrected chi connectivity index (χ0v) is 27.0. The lowest BCUT2D eigenvalue weighted by Crippen LogP contribution is -2.18. The average molecular weight is 680 g/mol. The molecule has 0 bridgehead atoms. The van der Waals surface area contributed by atoms with Crippen molar-refractivity contribution in [1.29, 1.82) is 0 Å². The summed E-state index contributed by atoms with van der Waals surface area (Å²) in [6.45, 7) is 5.82. The van der Waals surface area contributed by atoms with E-state index in [9.17, 15) is 13.2 Å². The van der Waals surface area contributed by atoms with Crippen LogP contribution < -0.4 is 0 Å². The van der Waals surface area contributed by atoms with Gasteiger partial charge in [0.15, 0.2) is 0 Å². The molecule has 13 heteroatoms. The number of rotatable bonds is 10. The first-order valence-electron chi connectivity index (χ1n) is 13.6. The van der Waals surface area contributed by atoms with Crippen LogP contribution in [0, 0.1) is 6.92 Å². The third-order valence-electron chi connectivity index (χ3n) is 6.67. The number of aromatic nitrogens is 4. The van der Waals surface area contributed by atoms with Gasteiger partial charge in [-0.3, -0.25) is 9.36 Å². The lowest BCUT2D eigenvalue weighted by molar-refractivity contribution is -0.145. The van der Waals surface area contributed by atoms with Crippen molar-refractivity contribution in [1.82, 2.24) is 19.6 Å². The molecule has 0 aliphatic heterocycles. The summed E-state index contributed by atoms with van der Waals surface area (Å²) in [5, 5.41) is 28.6. The van der Waals surface area contributed by atoms with Crippen molar-refractivity contribution >= 4 is 46.4 Å². The topological polar surface area (TPSA) is 76.1 Å². The van der Waals surface area contributed by atoms with E-state index in [0.717, 1.165) is 34.5 Å². The second-order valence-corrected chi connectivity index (χ2v) is 11.5. The van der Waals surface area contributed by atoms with Crippen LogP contribution in [-0.4, -0.2) is 43.0 Å². The normalized spacial score (nSPS) is 11.5. The molecule has 0 unspecified atom stereocenters. The second-order valence-electron chi connectivity index (χ2n) is 9.79. The van der Waals surface area contributed by atoms with Crippen LogP contribution in [0.25, 0.3) is 0 Å². The third kappa shape index (κ3) is 9.36. The monoisotopic (exact) mass is 678 g/mol. The summed E-state index contributed by atoms with van der Waals surface area (Å²) in [5.74, 6) is 0. The SMILES string of the molecule is CCc1c(Cc2cc(Cl)cc(Cl)c2)c(C)nn1CCO.CCc1nn(CCO)c(C(F)(F)F)c1Cc1cc(Cl)cc(Cl)c1. The lowest BCUT2D eigenvalue weighted by atomic mass is 10.0. The van der Waals surface area contributed by atoms with E-state index < -0.39 is 18.5 Å². The van der Waals surface area contributed by atoms with Crippen LogP contribution >= 0.6 is 46.4 Å². The van der Waals surface area contributed by atoms with E-state index in [-0.39, 0.29) is 25.1 Å². The molecule has 4 rings (SSSR count). The largest absolute Gasteiger partial charge is 0.433 e. The molecular weight excluding hydrogens is 647 g/mol. The highest BCUT2D eigenvalue weighted by molar-refractivity contribution is 6.35. The first-order valence-corrected chi connectivity index (χ1v) is 15.1. The Balaban J connectivity index is 0.000000238. The zero-order chi connectivity index (χ0) is 31.9. The van der Waals surface area contributed by atoms with Crippen molar-refractivity contribution in [3.8, 4) is 0 Å². The summed E-state index contributed by atoms with van der Waals surface area (Å²) in [6.07, 6.45) is -2.56. The van der Waals surface area contributed by atoms with Gasteiger partial charge in [0.1, 0.15) is 5.69 Å². The highest BCUT2D eigenvalue weighted by Crippen LogP contribution is 2.35. The number of aryl methyl sites for hydroxylation is 2. The molecule has 4 aromatic rings. The van der Waals surface area contributed by atoms with Crippen molar-refractivity contribution in [2.45, 2.75) is 65.7 Å². The molecule has 234 valence electrons. The number of benzene rings is 2. The summed E-state index contributed by atoms with van der Waals surface area (Å²) < 4.78 is 43.1. The Morgan fingerprint density at radius 3 is 1.58 bits per heavy atom. The number of alkyl halides is 3. The Bertz CT molecular complexity index is 1500. The molecule has 2 heterocycles. The number of halogens is 7. The number of hydrogen-bond donors (Lipinski definition) is 2. The van der Waals surface area contributed by atoms with Gasteiger partial charge in [0, 0.05) is 49.8 Å². The highest BCUT2D eigenvalue weighted by atomic mass is 35.5. The van der Waals surface area contributed by atoms with Gasteiger partial charge in [-0.05, 0) is 67.3 Å². The minimum Gasteiger partial charge on any atom is -0.394 e. The quantitative estimate of drug-likeness (QED) is 0.178. The summed E-state index contributed by atoms with van der Waals surface area (Å²) in [4.78, 5) is 0. The maximum atomic E-state index is 13.4. The van der Waals surface area contributed by atoms with E-state index in [1.54, 1.807) is 25.1 Å². The van der Waals surface area contributed by atoms with Gasteiger partial charge < -0.3 is 10.2 Å². The van der Waals surface area contributed by atoms with Crippen LogP contribution in [0.2, 0.25) is 20.1 Å². The minimum absolute atomic E-state index is 0.0176. The smallest absolute Gasteiger partial charge is 0.394 e. The van der Waals surface area contributed by atoms with Crippen LogP contribution in [0.1, 0.15) is 58.9 Å². The summed E-state index contributed by atoms with van der Waals surface area (Å²) in [5.41, 5.74) is 4.60. The molecule has 0 spiro atoms. The van der Waals surface area contributed by atoms with Gasteiger partial charge in [-0.1, -0.05) is 60.3 Å². The van der Waals surface area contributed by atoms with E-state index in [1.807, 2.05) is 23.7 Å². The van der Waals surface area contributed by atoms with Crippen molar-refractivity contribution in [2.24, 2.45) is 0 Å². The standard InChI is InChI=1S/C15H15Cl2F3N2O.C15H18Cl2N2O/c1-2-13-12(7-9-5-10(16)8-11(17)6-9)14(15(18,19)20)22(21-13)3-4-23;1-3-15-14(10(2)18-19(15)4-5-20)8-11-6-12(16)9-13(17)7-11/h5-6,8,23H,2-4,7H2,1H3;6-7,9,20H,3-5,8H2,1-2H3. The van der Waals surface area contributed by atoms with Crippen LogP contribution in [0.3, 0.4) is 0 Å². The molecule has 0 saturated heterocycles. The first kappa shape index (κ1) is 35.2. The fourth-order valence-corrected chi connectivity index (χ4v) is 6.14. The fraction of sp³-hybridized carbons (Fsp3) is 0.400. The molecule has 2 aromatic carbocycles. The molecule has 2 N–H and O–H groups in total. The predicted octanol–water partition coefficient (Wildman–Crippen LogP) is 8.00. The molecule has 43 heavy (non-hydrogen) atoms. The maximum absolute atomic E-state index is 13.4. The Hall–Kier alpha value is -2.27. The zero-order valence-electron chi connectivity index (χ0n) is 23.9. The van der Waals surface area contributed by atoms with Crippen molar-refractivity contribution in [3.05, 3.63) is 102 Å². The second kappa shape index (κ2) is 15.6. The molecule has 2 aromatic heterocycles. The van der Waals surface area contributed by atoms with Crippen molar-refractivity contribution in [3.63, 3.8) is 0 Å². The van der Waals surface area contributed by atoms with E-state index in [1.165, 1.54) is 11.6 Å². The van der Waals surface area contributed by atoms with Gasteiger partial charge >= 0.3 is 6.18 Å². The molecule has 0 fully saturated rings. The van der Waals surface area contributed by atoms with E-state index in [0.29, 0.717) is 44.3 Å². The van der Waals surface area contributed by atoms with Crippen LogP contribution in [0.5, 0.6) is 0 Å². The minimum atomic E-state index is -4.56. The van der Waals surface area contributed by atoms with Crippen LogP contribution in [-0.2, 0) is 44.9 Å². The Kier molecular flexibility index (Phi) is 12.8. The molecule has 6 nitrogen and oxygen atoms in total. The third-order valence-corrected chi connectivity index (χ3v) is 7.54. The lowest BCUT2D eigenvalue weighted by Gasteiger charge is -2.12. The van der Waals surface area contributed by atoms with Gasteiger partial charge in [-0.15, -0.1) is 0 Å². The van der Waals surface area contributed by atoms with Gasteiger partial charge in [0.05, 0.1) is 37.7 Å². The summed E-state index contributed by atoms with van der Waals surface area (Å²) in [6, 6.07) is 10.3. The van der Waals surface area contributed by atoms with Crippen LogP contribution in [0.15, 0.2) is 36.4 Å². The number of aliphatic hydroxyl groups excluding tert-OH is 2. The molecule has 0 amide bonds. The fourth-order valence-electron chi connectivity index (χ4n) is 5.00. The number of aliphatic hydroxyl groups is 2. The Labute approximate surface area is 269 Å². The molecule has 0 atom stereocenters. The first-order chi connectivity index (χ1) is 20.3. The molecule has 0 saturated carbocycles. The Morgan fingerprint density at radius 2 is 1.16 bits per heavy atom. The maximum Gasteiger partial charge on any atom is 0.433 e. The highest BCUT2D eigenvalue weighted by Gasteiger charge is 2.39. The predicted molar refractivity (Wildman–Crippen MR) is 166 cm³/mol. The van der Waals surface area contributed by atoms with E-state index >= 15 is 0 Å². The van der Waals surface area contributed by atoms with Gasteiger partial charge in [-0.25, -0.2) is 0 Å². The average Bonchev–Trinajstić information content (AvgIpc) is 3.39. The van der Waals surface area contributed by atoms with Crippen molar-refractivity contribution in [2.75, 3.05) is 13.2 Å². The van der Waals surface area contributed by atoms with E-state index in [2.05, 4.69) is 17.1 Å². The number of hydrogen-bond acceptors (Lipinski definition) is 4. The summed E-state index contributed by atoms with van der Waals surface area (Å²) >= 11 is 23.9. The van der Waals surface area contributed by atoms with Gasteiger partial charge in [-0.2, -0.15) is 23.4 Å². The number of nitrogens with zero attached hydrogens (tertiary/aromatic N) is 4. The van der Waals surface area contributed by atoms with Gasteiger partial charge in [0.25, 0.3) is 0 Å². The molecule has 0 radical (unpaired) electrons. The molecular formula is C30H33Cl4F3N4O2. The molecule has 0 aliphatic carbocycles. The van der Waals surface area contributed by atoms with E-state index in [4.69, 9.17) is 56.6 Å². The van der Waals surface area contributed by atoms with Crippen molar-refractivity contribution < 1.29 is 23.4 Å². The van der Waals surface area contributed by atoms with Gasteiger partial charge in [0.2, 0.25) is 0 Å². The van der Waals surface area contributed by atoms with Crippen LogP contribution in [0.4, 0.5) is 13.2 Å². The summed E-state index contributed by atoms with van der Waals surface area (Å²) in [7, 11) is 0. The Morgan fingerprint density at radius 1 is 0.698 bits per heavy atom.